The summed E-state index contributed by atoms with van der Waals surface area (Å²) in [5.74, 6) is 1.62. The minimum absolute atomic E-state index is 0.390. The number of benzene rings is 1. The Labute approximate surface area is 101 Å². The zero-order chi connectivity index (χ0) is 12.1. The maximum atomic E-state index is 9.41. The van der Waals surface area contributed by atoms with Gasteiger partial charge in [0.2, 0.25) is 0 Å². The fraction of sp³-hybridized carbons (Fsp3) is 0.500. The minimum atomic E-state index is -0.390. The van der Waals surface area contributed by atoms with Gasteiger partial charge in [-0.05, 0) is 25.3 Å². The van der Waals surface area contributed by atoms with Crippen molar-refractivity contribution in [2.45, 2.75) is 24.3 Å². The number of rotatable bonds is 5. The molecule has 0 amide bonds. The summed E-state index contributed by atoms with van der Waals surface area (Å²) in [6.45, 7) is 1.76. The molecule has 3 nitrogen and oxygen atoms in total. The van der Waals surface area contributed by atoms with Crippen molar-refractivity contribution in [2.75, 3.05) is 20.5 Å². The molecular weight excluding hydrogens is 224 g/mol. The smallest absolute Gasteiger partial charge is 0.132 e. The fourth-order valence-electron chi connectivity index (χ4n) is 1.57. The van der Waals surface area contributed by atoms with Gasteiger partial charge in [0.15, 0.2) is 0 Å². The molecule has 0 fully saturated rings. The van der Waals surface area contributed by atoms with E-state index in [1.54, 1.807) is 32.9 Å². The molecule has 1 N–H and O–H groups in total. The summed E-state index contributed by atoms with van der Waals surface area (Å²) in [4.78, 5) is 1.04. The molecule has 4 heteroatoms. The van der Waals surface area contributed by atoms with Crippen LogP contribution in [0.3, 0.4) is 0 Å². The highest BCUT2D eigenvalue weighted by Crippen LogP contribution is 2.34. The van der Waals surface area contributed by atoms with Gasteiger partial charge in [0.05, 0.1) is 25.2 Å². The Morgan fingerprint density at radius 2 is 1.88 bits per heavy atom. The van der Waals surface area contributed by atoms with Crippen LogP contribution in [-0.2, 0) is 6.42 Å². The van der Waals surface area contributed by atoms with Crippen LogP contribution in [-0.4, -0.2) is 31.7 Å². The molecule has 0 aliphatic rings. The minimum Gasteiger partial charge on any atom is -0.496 e. The molecule has 1 aromatic rings. The number of hydrogen-bond donors (Lipinski definition) is 1. The molecule has 1 atom stereocenters. The SMILES string of the molecule is COc1cc(SC)c(OC)cc1CC(C)O. The predicted molar refractivity (Wildman–Crippen MR) is 66.7 cm³/mol. The van der Waals surface area contributed by atoms with Crippen molar-refractivity contribution >= 4 is 11.8 Å². The zero-order valence-electron chi connectivity index (χ0n) is 10.1. The van der Waals surface area contributed by atoms with E-state index in [0.29, 0.717) is 6.42 Å². The number of methoxy groups -OCH3 is 2. The Morgan fingerprint density at radius 3 is 2.31 bits per heavy atom. The number of aliphatic hydroxyl groups is 1. The van der Waals surface area contributed by atoms with Gasteiger partial charge in [-0.1, -0.05) is 0 Å². The number of thioether (sulfide) groups is 1. The van der Waals surface area contributed by atoms with Crippen LogP contribution in [0.15, 0.2) is 17.0 Å². The van der Waals surface area contributed by atoms with Crippen LogP contribution in [0.4, 0.5) is 0 Å². The maximum absolute atomic E-state index is 9.41. The number of aliphatic hydroxyl groups excluding tert-OH is 1. The molecule has 1 unspecified atom stereocenters. The van der Waals surface area contributed by atoms with Gasteiger partial charge < -0.3 is 14.6 Å². The third-order valence-electron chi connectivity index (χ3n) is 2.30. The first kappa shape index (κ1) is 13.2. The lowest BCUT2D eigenvalue weighted by atomic mass is 10.1. The zero-order valence-corrected chi connectivity index (χ0v) is 10.9. The Morgan fingerprint density at radius 1 is 1.25 bits per heavy atom. The van der Waals surface area contributed by atoms with Gasteiger partial charge in [0.25, 0.3) is 0 Å². The van der Waals surface area contributed by atoms with E-state index in [2.05, 4.69) is 0 Å². The standard InChI is InChI=1S/C12H18O3S/c1-8(13)5-9-6-11(15-3)12(16-4)7-10(9)14-2/h6-8,13H,5H2,1-4H3. The quantitative estimate of drug-likeness (QED) is 0.804. The van der Waals surface area contributed by atoms with E-state index in [0.717, 1.165) is 22.0 Å². The molecule has 1 aromatic carbocycles. The van der Waals surface area contributed by atoms with Gasteiger partial charge in [-0.15, -0.1) is 11.8 Å². The largest absolute Gasteiger partial charge is 0.496 e. The van der Waals surface area contributed by atoms with E-state index in [1.807, 2.05) is 18.4 Å². The first-order valence-corrected chi connectivity index (χ1v) is 6.31. The summed E-state index contributed by atoms with van der Waals surface area (Å²) in [6.07, 6.45) is 2.17. The summed E-state index contributed by atoms with van der Waals surface area (Å²) in [6, 6.07) is 3.87. The molecular formula is C12H18O3S. The second-order valence-electron chi connectivity index (χ2n) is 3.57. The van der Waals surface area contributed by atoms with E-state index in [9.17, 15) is 5.11 Å². The molecule has 0 bridgehead atoms. The van der Waals surface area contributed by atoms with E-state index in [4.69, 9.17) is 9.47 Å². The van der Waals surface area contributed by atoms with Gasteiger partial charge in [0, 0.05) is 12.0 Å². The second-order valence-corrected chi connectivity index (χ2v) is 4.42. The van der Waals surface area contributed by atoms with Crippen molar-refractivity contribution in [3.8, 4) is 11.5 Å². The summed E-state index contributed by atoms with van der Waals surface area (Å²) in [5.41, 5.74) is 0.965. The summed E-state index contributed by atoms with van der Waals surface area (Å²) >= 11 is 1.61. The van der Waals surface area contributed by atoms with Crippen LogP contribution >= 0.6 is 11.8 Å². The van der Waals surface area contributed by atoms with Crippen LogP contribution in [0.2, 0.25) is 0 Å². The highest BCUT2D eigenvalue weighted by Gasteiger charge is 2.12. The summed E-state index contributed by atoms with van der Waals surface area (Å²) < 4.78 is 10.6. The molecule has 1 rings (SSSR count). The first-order chi connectivity index (χ1) is 7.62. The van der Waals surface area contributed by atoms with Gasteiger partial charge in [-0.25, -0.2) is 0 Å². The Balaban J connectivity index is 3.15. The van der Waals surface area contributed by atoms with Crippen molar-refractivity contribution in [1.82, 2.24) is 0 Å². The summed E-state index contributed by atoms with van der Waals surface area (Å²) in [5, 5.41) is 9.41. The van der Waals surface area contributed by atoms with E-state index in [-0.39, 0.29) is 0 Å². The summed E-state index contributed by atoms with van der Waals surface area (Å²) in [7, 11) is 3.28. The average Bonchev–Trinajstić information content (AvgIpc) is 2.27. The lowest BCUT2D eigenvalue weighted by Crippen LogP contribution is -2.06. The third kappa shape index (κ3) is 3.06. The molecule has 0 aliphatic heterocycles. The van der Waals surface area contributed by atoms with Crippen molar-refractivity contribution in [3.63, 3.8) is 0 Å². The highest BCUT2D eigenvalue weighted by atomic mass is 32.2. The Hall–Kier alpha value is -0.870. The average molecular weight is 242 g/mol. The molecule has 0 spiro atoms. The molecule has 0 radical (unpaired) electrons. The van der Waals surface area contributed by atoms with E-state index in [1.165, 1.54) is 0 Å². The van der Waals surface area contributed by atoms with Crippen molar-refractivity contribution in [3.05, 3.63) is 17.7 Å². The Bertz CT molecular complexity index is 350. The predicted octanol–water partition coefficient (Wildman–Crippen LogP) is 2.35. The van der Waals surface area contributed by atoms with Crippen LogP contribution in [0.25, 0.3) is 0 Å². The lowest BCUT2D eigenvalue weighted by molar-refractivity contribution is 0.194. The number of ether oxygens (including phenoxy) is 2. The second kappa shape index (κ2) is 6.01. The van der Waals surface area contributed by atoms with Gasteiger partial charge in [-0.2, -0.15) is 0 Å². The highest BCUT2D eigenvalue weighted by molar-refractivity contribution is 7.98. The van der Waals surface area contributed by atoms with Gasteiger partial charge in [-0.3, -0.25) is 0 Å². The monoisotopic (exact) mass is 242 g/mol. The van der Waals surface area contributed by atoms with Gasteiger partial charge in [0.1, 0.15) is 11.5 Å². The molecule has 16 heavy (non-hydrogen) atoms. The third-order valence-corrected chi connectivity index (χ3v) is 3.06. The molecule has 0 aromatic heterocycles. The molecule has 90 valence electrons. The van der Waals surface area contributed by atoms with Crippen molar-refractivity contribution in [1.29, 1.82) is 0 Å². The van der Waals surface area contributed by atoms with E-state index >= 15 is 0 Å². The molecule has 0 saturated carbocycles. The molecule has 0 heterocycles. The number of hydrogen-bond acceptors (Lipinski definition) is 4. The fourth-order valence-corrected chi connectivity index (χ4v) is 2.14. The van der Waals surface area contributed by atoms with Gasteiger partial charge >= 0.3 is 0 Å². The van der Waals surface area contributed by atoms with Crippen LogP contribution in [0.1, 0.15) is 12.5 Å². The maximum Gasteiger partial charge on any atom is 0.132 e. The van der Waals surface area contributed by atoms with Crippen LogP contribution in [0.5, 0.6) is 11.5 Å². The van der Waals surface area contributed by atoms with Crippen molar-refractivity contribution < 1.29 is 14.6 Å². The molecule has 0 aliphatic carbocycles. The first-order valence-electron chi connectivity index (χ1n) is 5.09. The van der Waals surface area contributed by atoms with Crippen LogP contribution in [0, 0.1) is 0 Å². The van der Waals surface area contributed by atoms with Crippen LogP contribution < -0.4 is 9.47 Å². The molecule has 0 saturated heterocycles. The topological polar surface area (TPSA) is 38.7 Å². The Kier molecular flexibility index (Phi) is 4.96. The van der Waals surface area contributed by atoms with E-state index < -0.39 is 6.10 Å². The normalized spacial score (nSPS) is 12.3. The lowest BCUT2D eigenvalue weighted by Gasteiger charge is -2.14. The van der Waals surface area contributed by atoms with Crippen molar-refractivity contribution in [2.24, 2.45) is 0 Å².